The topological polar surface area (TPSA) is 55.4 Å². The predicted octanol–water partition coefficient (Wildman–Crippen LogP) is 3.79. The third kappa shape index (κ3) is 3.80. The average Bonchev–Trinajstić information content (AvgIpc) is 2.47. The molecule has 0 amide bonds. The van der Waals surface area contributed by atoms with Gasteiger partial charge in [0.1, 0.15) is 5.75 Å². The monoisotopic (exact) mass is 319 g/mol. The van der Waals surface area contributed by atoms with Crippen molar-refractivity contribution in [3.8, 4) is 5.75 Å². The molecule has 22 heavy (non-hydrogen) atoms. The fraction of sp³-hybridized carbons (Fsp3) is 0.294. The van der Waals surface area contributed by atoms with E-state index in [0.717, 1.165) is 5.56 Å². The number of rotatable bonds is 4. The summed E-state index contributed by atoms with van der Waals surface area (Å²) in [5.41, 5.74) is 1.59. The molecule has 5 heteroatoms. The van der Waals surface area contributed by atoms with Gasteiger partial charge in [-0.2, -0.15) is 0 Å². The van der Waals surface area contributed by atoms with Crippen molar-refractivity contribution in [1.29, 1.82) is 0 Å². The molecule has 0 heterocycles. The zero-order valence-electron chi connectivity index (χ0n) is 13.3. The highest BCUT2D eigenvalue weighted by Gasteiger charge is 2.17. The van der Waals surface area contributed by atoms with Crippen molar-refractivity contribution in [3.63, 3.8) is 0 Å². The first-order valence-corrected chi connectivity index (χ1v) is 8.48. The molecule has 0 saturated heterocycles. The van der Waals surface area contributed by atoms with Crippen LogP contribution < -0.4 is 9.46 Å². The molecule has 0 aromatic heterocycles. The first-order chi connectivity index (χ1) is 10.2. The number of hydrogen-bond acceptors (Lipinski definition) is 3. The number of benzene rings is 2. The van der Waals surface area contributed by atoms with E-state index in [1.165, 1.54) is 0 Å². The maximum atomic E-state index is 12.4. The van der Waals surface area contributed by atoms with Crippen LogP contribution in [0.15, 0.2) is 53.4 Å². The van der Waals surface area contributed by atoms with Gasteiger partial charge in [0.15, 0.2) is 0 Å². The fourth-order valence-electron chi connectivity index (χ4n) is 2.01. The third-order valence-electron chi connectivity index (χ3n) is 3.37. The number of methoxy groups -OCH3 is 1. The Kier molecular flexibility index (Phi) is 4.47. The van der Waals surface area contributed by atoms with Crippen molar-refractivity contribution in [3.05, 3.63) is 54.1 Å². The molecular weight excluding hydrogens is 298 g/mol. The SMILES string of the molecule is COc1ccc(NS(=O)(=O)c2ccc(C(C)(C)C)cc2)cc1. The van der Waals surface area contributed by atoms with Gasteiger partial charge in [0, 0.05) is 5.69 Å². The Balaban J connectivity index is 2.22. The highest BCUT2D eigenvalue weighted by molar-refractivity contribution is 7.92. The van der Waals surface area contributed by atoms with E-state index in [1.807, 2.05) is 12.1 Å². The summed E-state index contributed by atoms with van der Waals surface area (Å²) in [4.78, 5) is 0.247. The van der Waals surface area contributed by atoms with Crippen LogP contribution in [0.25, 0.3) is 0 Å². The first-order valence-electron chi connectivity index (χ1n) is 7.00. The molecule has 0 aliphatic carbocycles. The summed E-state index contributed by atoms with van der Waals surface area (Å²) in [6.07, 6.45) is 0. The summed E-state index contributed by atoms with van der Waals surface area (Å²) in [5.74, 6) is 0.678. The number of nitrogens with one attached hydrogen (secondary N) is 1. The fourth-order valence-corrected chi connectivity index (χ4v) is 3.07. The molecule has 0 radical (unpaired) electrons. The second-order valence-electron chi connectivity index (χ2n) is 6.11. The lowest BCUT2D eigenvalue weighted by Gasteiger charge is -2.19. The molecule has 4 nitrogen and oxygen atoms in total. The van der Waals surface area contributed by atoms with Gasteiger partial charge in [-0.1, -0.05) is 32.9 Å². The lowest BCUT2D eigenvalue weighted by atomic mass is 9.87. The highest BCUT2D eigenvalue weighted by Crippen LogP contribution is 2.24. The van der Waals surface area contributed by atoms with Gasteiger partial charge in [-0.05, 0) is 47.4 Å². The van der Waals surface area contributed by atoms with Gasteiger partial charge in [0.05, 0.1) is 12.0 Å². The van der Waals surface area contributed by atoms with Crippen LogP contribution in [0.3, 0.4) is 0 Å². The van der Waals surface area contributed by atoms with Crippen molar-refractivity contribution in [2.75, 3.05) is 11.8 Å². The van der Waals surface area contributed by atoms with E-state index in [1.54, 1.807) is 43.5 Å². The lowest BCUT2D eigenvalue weighted by molar-refractivity contribution is 0.415. The molecule has 0 aliphatic heterocycles. The molecule has 0 atom stereocenters. The van der Waals surface area contributed by atoms with Crippen LogP contribution in [0.1, 0.15) is 26.3 Å². The predicted molar refractivity (Wildman–Crippen MR) is 88.9 cm³/mol. The summed E-state index contributed by atoms with van der Waals surface area (Å²) >= 11 is 0. The van der Waals surface area contributed by atoms with Crippen LogP contribution in [0, 0.1) is 0 Å². The van der Waals surface area contributed by atoms with Gasteiger partial charge in [0.2, 0.25) is 0 Å². The molecule has 0 bridgehead atoms. The minimum absolute atomic E-state index is 0.00823. The van der Waals surface area contributed by atoms with E-state index in [9.17, 15) is 8.42 Å². The van der Waals surface area contributed by atoms with Gasteiger partial charge in [-0.15, -0.1) is 0 Å². The summed E-state index contributed by atoms with van der Waals surface area (Å²) in [7, 11) is -2.02. The third-order valence-corrected chi connectivity index (χ3v) is 4.77. The van der Waals surface area contributed by atoms with Crippen LogP contribution >= 0.6 is 0 Å². The standard InChI is InChI=1S/C17H21NO3S/c1-17(2,3)13-5-11-16(12-6-13)22(19,20)18-14-7-9-15(21-4)10-8-14/h5-12,18H,1-4H3. The number of hydrogen-bond donors (Lipinski definition) is 1. The van der Waals surface area contributed by atoms with Crippen LogP contribution in [-0.4, -0.2) is 15.5 Å². The average molecular weight is 319 g/mol. The lowest BCUT2D eigenvalue weighted by Crippen LogP contribution is -2.14. The molecule has 1 N–H and O–H groups in total. The molecule has 0 aliphatic rings. The number of ether oxygens (including phenoxy) is 1. The molecule has 0 spiro atoms. The maximum Gasteiger partial charge on any atom is 0.261 e. The number of sulfonamides is 1. The van der Waals surface area contributed by atoms with Crippen LogP contribution in [-0.2, 0) is 15.4 Å². The van der Waals surface area contributed by atoms with Crippen molar-refractivity contribution in [2.24, 2.45) is 0 Å². The maximum absolute atomic E-state index is 12.4. The molecule has 2 aromatic carbocycles. The Morgan fingerprint density at radius 2 is 1.45 bits per heavy atom. The molecular formula is C17H21NO3S. The summed E-state index contributed by atoms with van der Waals surface area (Å²) in [6, 6.07) is 13.7. The van der Waals surface area contributed by atoms with E-state index < -0.39 is 10.0 Å². The highest BCUT2D eigenvalue weighted by atomic mass is 32.2. The Hall–Kier alpha value is -2.01. The van der Waals surface area contributed by atoms with Gasteiger partial charge in [-0.3, -0.25) is 4.72 Å². The molecule has 0 unspecified atom stereocenters. The molecule has 0 fully saturated rings. The zero-order chi connectivity index (χ0) is 16.4. The van der Waals surface area contributed by atoms with E-state index in [2.05, 4.69) is 25.5 Å². The summed E-state index contributed by atoms with van der Waals surface area (Å²) < 4.78 is 32.4. The van der Waals surface area contributed by atoms with Gasteiger partial charge >= 0.3 is 0 Å². The van der Waals surface area contributed by atoms with Crippen LogP contribution in [0.5, 0.6) is 5.75 Å². The van der Waals surface area contributed by atoms with Crippen molar-refractivity contribution >= 4 is 15.7 Å². The van der Waals surface area contributed by atoms with E-state index >= 15 is 0 Å². The van der Waals surface area contributed by atoms with Gasteiger partial charge in [0.25, 0.3) is 10.0 Å². The molecule has 2 rings (SSSR count). The molecule has 118 valence electrons. The summed E-state index contributed by atoms with van der Waals surface area (Å²) in [6.45, 7) is 6.27. The van der Waals surface area contributed by atoms with Crippen molar-refractivity contribution in [1.82, 2.24) is 0 Å². The van der Waals surface area contributed by atoms with Gasteiger partial charge in [-0.25, -0.2) is 8.42 Å². The van der Waals surface area contributed by atoms with E-state index in [4.69, 9.17) is 4.74 Å². The quantitative estimate of drug-likeness (QED) is 0.932. The minimum Gasteiger partial charge on any atom is -0.497 e. The largest absolute Gasteiger partial charge is 0.497 e. The summed E-state index contributed by atoms with van der Waals surface area (Å²) in [5, 5.41) is 0. The van der Waals surface area contributed by atoms with Gasteiger partial charge < -0.3 is 4.74 Å². The Morgan fingerprint density at radius 1 is 0.909 bits per heavy atom. The van der Waals surface area contributed by atoms with Crippen LogP contribution in [0.4, 0.5) is 5.69 Å². The van der Waals surface area contributed by atoms with E-state index in [-0.39, 0.29) is 10.3 Å². The normalized spacial score (nSPS) is 12.0. The minimum atomic E-state index is -3.59. The molecule has 2 aromatic rings. The smallest absolute Gasteiger partial charge is 0.261 e. The second kappa shape index (κ2) is 6.01. The second-order valence-corrected chi connectivity index (χ2v) is 7.79. The molecule has 0 saturated carbocycles. The van der Waals surface area contributed by atoms with Crippen LogP contribution in [0.2, 0.25) is 0 Å². The van der Waals surface area contributed by atoms with Crippen molar-refractivity contribution < 1.29 is 13.2 Å². The van der Waals surface area contributed by atoms with E-state index in [0.29, 0.717) is 11.4 Å². The Bertz CT molecular complexity index is 727. The zero-order valence-corrected chi connectivity index (χ0v) is 14.1. The van der Waals surface area contributed by atoms with Crippen molar-refractivity contribution in [2.45, 2.75) is 31.1 Å². The Labute approximate surface area is 132 Å². The first kappa shape index (κ1) is 16.4. The number of anilines is 1. The Morgan fingerprint density at radius 3 is 1.91 bits per heavy atom.